The highest BCUT2D eigenvalue weighted by Crippen LogP contribution is 2.31. The average molecular weight is 343 g/mol. The van der Waals surface area contributed by atoms with E-state index in [0.29, 0.717) is 24.5 Å². The van der Waals surface area contributed by atoms with Gasteiger partial charge >= 0.3 is 5.97 Å². The molecule has 2 aromatic rings. The van der Waals surface area contributed by atoms with Gasteiger partial charge in [0.25, 0.3) is 0 Å². The molecule has 0 saturated heterocycles. The number of aryl methyl sites for hydroxylation is 2. The standard InChI is InChI=1S/C20H25NO4/c1-12-11-18(15(4)21-19(12)25-10-9-13(2)22)16-7-6-8-17(14(16)3)20(23)24-5/h6-8,11,13,22H,9-10H2,1-5H3/t13-/m1/s1. The Morgan fingerprint density at radius 2 is 1.96 bits per heavy atom. The summed E-state index contributed by atoms with van der Waals surface area (Å²) >= 11 is 0. The third kappa shape index (κ3) is 4.37. The van der Waals surface area contributed by atoms with Crippen LogP contribution in [0.4, 0.5) is 0 Å². The van der Waals surface area contributed by atoms with Crippen LogP contribution in [0.15, 0.2) is 24.3 Å². The predicted octanol–water partition coefficient (Wildman–Crippen LogP) is 3.61. The summed E-state index contributed by atoms with van der Waals surface area (Å²) in [6.07, 6.45) is 0.159. The lowest BCUT2D eigenvalue weighted by atomic mass is 9.95. The van der Waals surface area contributed by atoms with E-state index in [1.54, 1.807) is 13.0 Å². The Hall–Kier alpha value is -2.40. The Morgan fingerprint density at radius 3 is 2.60 bits per heavy atom. The van der Waals surface area contributed by atoms with E-state index in [2.05, 4.69) is 4.98 Å². The van der Waals surface area contributed by atoms with Crippen molar-refractivity contribution in [2.24, 2.45) is 0 Å². The van der Waals surface area contributed by atoms with Crippen LogP contribution in [0.3, 0.4) is 0 Å². The van der Waals surface area contributed by atoms with Crippen LogP contribution in [-0.2, 0) is 4.74 Å². The van der Waals surface area contributed by atoms with Gasteiger partial charge in [-0.15, -0.1) is 0 Å². The van der Waals surface area contributed by atoms with Gasteiger partial charge in [-0.3, -0.25) is 0 Å². The minimum Gasteiger partial charge on any atom is -0.477 e. The summed E-state index contributed by atoms with van der Waals surface area (Å²) in [7, 11) is 1.38. The van der Waals surface area contributed by atoms with Gasteiger partial charge in [0.15, 0.2) is 0 Å². The largest absolute Gasteiger partial charge is 0.477 e. The fraction of sp³-hybridized carbons (Fsp3) is 0.400. The Kier molecular flexibility index (Phi) is 6.15. The number of carbonyl (C=O) groups excluding carboxylic acids is 1. The molecule has 0 aliphatic heterocycles. The minimum absolute atomic E-state index is 0.347. The molecule has 1 atom stereocenters. The summed E-state index contributed by atoms with van der Waals surface area (Å²) < 4.78 is 10.5. The lowest BCUT2D eigenvalue weighted by molar-refractivity contribution is 0.0600. The number of aromatic nitrogens is 1. The number of ether oxygens (including phenoxy) is 2. The normalized spacial score (nSPS) is 11.9. The lowest BCUT2D eigenvalue weighted by Crippen LogP contribution is -2.09. The zero-order chi connectivity index (χ0) is 18.6. The summed E-state index contributed by atoms with van der Waals surface area (Å²) in [5.74, 6) is 0.225. The van der Waals surface area contributed by atoms with Crippen molar-refractivity contribution < 1.29 is 19.4 Å². The van der Waals surface area contributed by atoms with Crippen LogP contribution in [0.2, 0.25) is 0 Å². The van der Waals surface area contributed by atoms with E-state index in [0.717, 1.165) is 27.9 Å². The Bertz CT molecular complexity index is 769. The molecule has 0 unspecified atom stereocenters. The third-order valence-electron chi connectivity index (χ3n) is 4.16. The van der Waals surface area contributed by atoms with Crippen LogP contribution < -0.4 is 4.74 Å². The van der Waals surface area contributed by atoms with Gasteiger partial charge in [0.1, 0.15) is 0 Å². The van der Waals surface area contributed by atoms with E-state index in [9.17, 15) is 9.90 Å². The summed E-state index contributed by atoms with van der Waals surface area (Å²) in [6.45, 7) is 7.91. The molecule has 1 heterocycles. The van der Waals surface area contributed by atoms with Crippen LogP contribution in [0.25, 0.3) is 11.1 Å². The van der Waals surface area contributed by atoms with Crippen LogP contribution in [-0.4, -0.2) is 35.9 Å². The number of aliphatic hydroxyl groups is 1. The molecular formula is C20H25NO4. The first-order valence-electron chi connectivity index (χ1n) is 8.32. The minimum atomic E-state index is -0.399. The highest BCUT2D eigenvalue weighted by Gasteiger charge is 2.16. The number of esters is 1. The van der Waals surface area contributed by atoms with E-state index in [-0.39, 0.29) is 5.97 Å². The maximum Gasteiger partial charge on any atom is 0.338 e. The number of carbonyl (C=O) groups is 1. The van der Waals surface area contributed by atoms with E-state index in [1.165, 1.54) is 7.11 Å². The monoisotopic (exact) mass is 343 g/mol. The zero-order valence-electron chi connectivity index (χ0n) is 15.4. The number of nitrogens with zero attached hydrogens (tertiary/aromatic N) is 1. The first-order chi connectivity index (χ1) is 11.8. The van der Waals surface area contributed by atoms with Gasteiger partial charge in [-0.1, -0.05) is 12.1 Å². The Morgan fingerprint density at radius 1 is 1.24 bits per heavy atom. The molecule has 1 aromatic heterocycles. The summed E-state index contributed by atoms with van der Waals surface area (Å²) in [4.78, 5) is 16.5. The number of hydrogen-bond donors (Lipinski definition) is 1. The fourth-order valence-corrected chi connectivity index (χ4v) is 2.69. The van der Waals surface area contributed by atoms with Crippen molar-refractivity contribution in [1.29, 1.82) is 0 Å². The molecule has 0 spiro atoms. The van der Waals surface area contributed by atoms with Gasteiger partial charge in [0, 0.05) is 23.2 Å². The Balaban J connectivity index is 2.38. The number of benzene rings is 1. The number of rotatable bonds is 6. The van der Waals surface area contributed by atoms with Crippen molar-refractivity contribution in [3.8, 4) is 17.0 Å². The summed E-state index contributed by atoms with van der Waals surface area (Å²) in [5.41, 5.74) is 5.06. The molecule has 0 aliphatic rings. The van der Waals surface area contributed by atoms with Crippen LogP contribution >= 0.6 is 0 Å². The summed E-state index contributed by atoms with van der Waals surface area (Å²) in [5, 5.41) is 9.33. The van der Waals surface area contributed by atoms with Crippen molar-refractivity contribution in [3.05, 3.63) is 46.6 Å². The predicted molar refractivity (Wildman–Crippen MR) is 97.0 cm³/mol. The fourth-order valence-electron chi connectivity index (χ4n) is 2.69. The van der Waals surface area contributed by atoms with Gasteiger partial charge < -0.3 is 14.6 Å². The van der Waals surface area contributed by atoms with Crippen LogP contribution in [0.5, 0.6) is 5.88 Å². The molecule has 0 aliphatic carbocycles. The maximum atomic E-state index is 11.9. The number of methoxy groups -OCH3 is 1. The van der Waals surface area contributed by atoms with Crippen molar-refractivity contribution in [1.82, 2.24) is 4.98 Å². The highest BCUT2D eigenvalue weighted by atomic mass is 16.5. The average Bonchev–Trinajstić information content (AvgIpc) is 2.57. The van der Waals surface area contributed by atoms with Crippen LogP contribution in [0.1, 0.15) is 40.5 Å². The van der Waals surface area contributed by atoms with Crippen LogP contribution in [0, 0.1) is 20.8 Å². The topological polar surface area (TPSA) is 68.7 Å². The van der Waals surface area contributed by atoms with Gasteiger partial charge in [-0.05, 0) is 51.0 Å². The SMILES string of the molecule is COC(=O)c1cccc(-c2cc(C)c(OCC[C@@H](C)O)nc2C)c1C. The number of pyridine rings is 1. The first-order valence-corrected chi connectivity index (χ1v) is 8.32. The third-order valence-corrected chi connectivity index (χ3v) is 4.16. The molecule has 2 rings (SSSR count). The molecule has 0 amide bonds. The first kappa shape index (κ1) is 18.9. The van der Waals surface area contributed by atoms with Gasteiger partial charge in [-0.2, -0.15) is 0 Å². The molecule has 0 saturated carbocycles. The molecule has 1 N–H and O–H groups in total. The van der Waals surface area contributed by atoms with Crippen molar-refractivity contribution in [2.75, 3.05) is 13.7 Å². The highest BCUT2D eigenvalue weighted by molar-refractivity contribution is 5.93. The van der Waals surface area contributed by atoms with E-state index >= 15 is 0 Å². The smallest absolute Gasteiger partial charge is 0.338 e. The van der Waals surface area contributed by atoms with E-state index < -0.39 is 6.10 Å². The molecule has 0 bridgehead atoms. The molecule has 0 fully saturated rings. The second-order valence-corrected chi connectivity index (χ2v) is 6.20. The van der Waals surface area contributed by atoms with Gasteiger partial charge in [0.05, 0.1) is 25.4 Å². The van der Waals surface area contributed by atoms with E-state index in [4.69, 9.17) is 9.47 Å². The van der Waals surface area contributed by atoms with Crippen molar-refractivity contribution >= 4 is 5.97 Å². The molecule has 134 valence electrons. The number of aliphatic hydroxyl groups excluding tert-OH is 1. The molecule has 25 heavy (non-hydrogen) atoms. The lowest BCUT2D eigenvalue weighted by Gasteiger charge is -2.15. The zero-order valence-corrected chi connectivity index (χ0v) is 15.4. The maximum absolute atomic E-state index is 11.9. The molecule has 5 heteroatoms. The molecule has 1 aromatic carbocycles. The van der Waals surface area contributed by atoms with Crippen molar-refractivity contribution in [3.63, 3.8) is 0 Å². The summed E-state index contributed by atoms with van der Waals surface area (Å²) in [6, 6.07) is 7.59. The van der Waals surface area contributed by atoms with E-state index in [1.807, 2.05) is 39.0 Å². The second-order valence-electron chi connectivity index (χ2n) is 6.20. The van der Waals surface area contributed by atoms with Gasteiger partial charge in [-0.25, -0.2) is 9.78 Å². The second kappa shape index (κ2) is 8.12. The molecule has 0 radical (unpaired) electrons. The Labute approximate surface area is 148 Å². The van der Waals surface area contributed by atoms with Gasteiger partial charge in [0.2, 0.25) is 5.88 Å². The molecule has 5 nitrogen and oxygen atoms in total. The van der Waals surface area contributed by atoms with Crippen molar-refractivity contribution in [2.45, 2.75) is 40.2 Å². The molecular weight excluding hydrogens is 318 g/mol. The quantitative estimate of drug-likeness (QED) is 0.812. The number of hydrogen-bond acceptors (Lipinski definition) is 5.